The number of H-pyrrole nitrogens is 1. The molecule has 0 spiro atoms. The van der Waals surface area contributed by atoms with Crippen LogP contribution in [0.2, 0.25) is 0 Å². The van der Waals surface area contributed by atoms with Gasteiger partial charge in [0.05, 0.1) is 17.4 Å². The van der Waals surface area contributed by atoms with Crippen molar-refractivity contribution in [3.05, 3.63) is 36.5 Å². The van der Waals surface area contributed by atoms with Crippen molar-refractivity contribution in [2.75, 3.05) is 32.0 Å². The second-order valence-corrected chi connectivity index (χ2v) is 5.62. The molecule has 0 aliphatic rings. The maximum Gasteiger partial charge on any atom is 0.178 e. The fraction of sp³-hybridized carbons (Fsp3) is 0.333. The largest absolute Gasteiger partial charge is 0.492 e. The summed E-state index contributed by atoms with van der Waals surface area (Å²) in [5, 5.41) is 0. The molecule has 0 fully saturated rings. The molecule has 3 aromatic rings. The number of aromatic amines is 1. The Kier molecular flexibility index (Phi) is 4.96. The van der Waals surface area contributed by atoms with Gasteiger partial charge in [-0.2, -0.15) is 0 Å². The van der Waals surface area contributed by atoms with Crippen LogP contribution in [0.4, 0.5) is 5.69 Å². The van der Waals surface area contributed by atoms with Crippen LogP contribution in [0.15, 0.2) is 36.5 Å². The minimum Gasteiger partial charge on any atom is -0.492 e. The normalized spacial score (nSPS) is 11.3. The molecule has 0 aliphatic heterocycles. The minimum absolute atomic E-state index is 0.620. The number of anilines is 1. The van der Waals surface area contributed by atoms with Crippen molar-refractivity contribution < 1.29 is 4.74 Å². The first kappa shape index (κ1) is 16.3. The molecule has 126 valence electrons. The van der Waals surface area contributed by atoms with Crippen molar-refractivity contribution in [3.8, 4) is 17.1 Å². The smallest absolute Gasteiger partial charge is 0.178 e. The number of hydrogen-bond acceptors (Lipinski definition) is 5. The molecule has 6 heteroatoms. The Bertz CT molecular complexity index is 793. The maximum atomic E-state index is 5.80. The third kappa shape index (κ3) is 3.65. The summed E-state index contributed by atoms with van der Waals surface area (Å²) < 4.78 is 5.80. The average molecular weight is 325 g/mol. The number of nitrogens with one attached hydrogen (secondary N) is 1. The first-order valence-electron chi connectivity index (χ1n) is 8.26. The van der Waals surface area contributed by atoms with Crippen molar-refractivity contribution in [3.63, 3.8) is 0 Å². The molecule has 0 saturated carbocycles. The van der Waals surface area contributed by atoms with Gasteiger partial charge in [0.25, 0.3) is 0 Å². The van der Waals surface area contributed by atoms with E-state index in [4.69, 9.17) is 10.5 Å². The first-order valence-corrected chi connectivity index (χ1v) is 8.26. The van der Waals surface area contributed by atoms with E-state index in [1.165, 1.54) is 0 Å². The number of rotatable bonds is 7. The van der Waals surface area contributed by atoms with Crippen LogP contribution < -0.4 is 10.5 Å². The van der Waals surface area contributed by atoms with Gasteiger partial charge in [-0.25, -0.2) is 9.97 Å². The Balaban J connectivity index is 1.67. The predicted octanol–water partition coefficient (Wildman–Crippen LogP) is 2.93. The predicted molar refractivity (Wildman–Crippen MR) is 97.0 cm³/mol. The molecule has 0 amide bonds. The second kappa shape index (κ2) is 7.31. The Labute approximate surface area is 141 Å². The summed E-state index contributed by atoms with van der Waals surface area (Å²) >= 11 is 0. The van der Waals surface area contributed by atoms with E-state index in [2.05, 4.69) is 33.7 Å². The van der Waals surface area contributed by atoms with E-state index in [-0.39, 0.29) is 0 Å². The van der Waals surface area contributed by atoms with Gasteiger partial charge in [-0.05, 0) is 43.4 Å². The quantitative estimate of drug-likeness (QED) is 0.698. The molecule has 2 heterocycles. The van der Waals surface area contributed by atoms with Gasteiger partial charge in [-0.15, -0.1) is 0 Å². The third-order valence-electron chi connectivity index (χ3n) is 4.06. The van der Waals surface area contributed by atoms with Crippen molar-refractivity contribution in [2.45, 2.75) is 13.8 Å². The van der Waals surface area contributed by atoms with Crippen LogP contribution in [0, 0.1) is 0 Å². The zero-order chi connectivity index (χ0) is 16.9. The van der Waals surface area contributed by atoms with Crippen molar-refractivity contribution in [1.82, 2.24) is 19.9 Å². The Morgan fingerprint density at radius 3 is 2.62 bits per heavy atom. The number of fused-ring (bicyclic) bond motifs is 1. The molecule has 0 saturated heterocycles. The number of hydrogen-bond donors (Lipinski definition) is 2. The molecular weight excluding hydrogens is 302 g/mol. The molecule has 1 aromatic carbocycles. The van der Waals surface area contributed by atoms with Gasteiger partial charge >= 0.3 is 0 Å². The Morgan fingerprint density at radius 1 is 1.17 bits per heavy atom. The summed E-state index contributed by atoms with van der Waals surface area (Å²) in [5.74, 6) is 1.64. The highest BCUT2D eigenvalue weighted by molar-refractivity contribution is 5.78. The van der Waals surface area contributed by atoms with E-state index >= 15 is 0 Å². The van der Waals surface area contributed by atoms with Crippen molar-refractivity contribution in [1.29, 1.82) is 0 Å². The number of nitrogens with zero attached hydrogens (tertiary/aromatic N) is 3. The third-order valence-corrected chi connectivity index (χ3v) is 4.06. The van der Waals surface area contributed by atoms with E-state index in [0.29, 0.717) is 17.9 Å². The zero-order valence-corrected chi connectivity index (χ0v) is 14.1. The van der Waals surface area contributed by atoms with E-state index in [0.717, 1.165) is 42.3 Å². The van der Waals surface area contributed by atoms with E-state index in [1.807, 2.05) is 30.3 Å². The molecule has 0 bridgehead atoms. The van der Waals surface area contributed by atoms with Gasteiger partial charge in [-0.1, -0.05) is 13.8 Å². The lowest BCUT2D eigenvalue weighted by Gasteiger charge is -2.18. The number of aromatic nitrogens is 3. The SMILES string of the molecule is CCN(CC)CCOc1ccc(-c2nc3ncc(N)cc3[nH]2)cc1. The number of benzene rings is 1. The highest BCUT2D eigenvalue weighted by Crippen LogP contribution is 2.22. The van der Waals surface area contributed by atoms with E-state index in [1.54, 1.807) is 6.20 Å². The molecule has 24 heavy (non-hydrogen) atoms. The molecule has 3 N–H and O–H groups in total. The molecule has 3 rings (SSSR count). The van der Waals surface area contributed by atoms with Gasteiger partial charge in [-0.3, -0.25) is 0 Å². The van der Waals surface area contributed by atoms with Crippen LogP contribution in [0.3, 0.4) is 0 Å². The number of likely N-dealkylation sites (N-methyl/N-ethyl adjacent to an activating group) is 1. The lowest BCUT2D eigenvalue weighted by atomic mass is 10.2. The Hall–Kier alpha value is -2.60. The topological polar surface area (TPSA) is 80.1 Å². The molecule has 0 atom stereocenters. The summed E-state index contributed by atoms with van der Waals surface area (Å²) in [6, 6.07) is 9.75. The van der Waals surface area contributed by atoms with Crippen LogP contribution in [0.25, 0.3) is 22.6 Å². The number of ether oxygens (including phenoxy) is 1. The standard InChI is InChI=1S/C18H23N5O/c1-3-23(4-2)9-10-24-15-7-5-13(6-8-15)17-21-16-11-14(19)12-20-18(16)22-17/h5-8,11-12H,3-4,9-10,19H2,1-2H3,(H,20,21,22). The number of imidazole rings is 1. The fourth-order valence-corrected chi connectivity index (χ4v) is 2.59. The lowest BCUT2D eigenvalue weighted by molar-refractivity contribution is 0.223. The molecule has 0 unspecified atom stereocenters. The van der Waals surface area contributed by atoms with E-state index in [9.17, 15) is 0 Å². The van der Waals surface area contributed by atoms with E-state index < -0.39 is 0 Å². The van der Waals surface area contributed by atoms with Crippen LogP contribution in [-0.4, -0.2) is 46.1 Å². The summed E-state index contributed by atoms with van der Waals surface area (Å²) in [4.78, 5) is 14.3. The van der Waals surface area contributed by atoms with Gasteiger partial charge in [0.1, 0.15) is 18.2 Å². The molecule has 0 radical (unpaired) electrons. The fourth-order valence-electron chi connectivity index (χ4n) is 2.59. The minimum atomic E-state index is 0.620. The summed E-state index contributed by atoms with van der Waals surface area (Å²) in [5.41, 5.74) is 8.86. The Morgan fingerprint density at radius 2 is 1.92 bits per heavy atom. The number of nitrogen functional groups attached to an aromatic ring is 1. The maximum absolute atomic E-state index is 5.80. The monoisotopic (exact) mass is 325 g/mol. The van der Waals surface area contributed by atoms with Crippen LogP contribution in [0.1, 0.15) is 13.8 Å². The molecule has 6 nitrogen and oxygen atoms in total. The van der Waals surface area contributed by atoms with Gasteiger partial charge in [0.2, 0.25) is 0 Å². The van der Waals surface area contributed by atoms with Gasteiger partial charge in [0, 0.05) is 12.1 Å². The summed E-state index contributed by atoms with van der Waals surface area (Å²) in [6.07, 6.45) is 1.61. The van der Waals surface area contributed by atoms with Crippen molar-refractivity contribution >= 4 is 16.9 Å². The van der Waals surface area contributed by atoms with Crippen LogP contribution in [-0.2, 0) is 0 Å². The summed E-state index contributed by atoms with van der Waals surface area (Å²) in [6.45, 7) is 8.04. The van der Waals surface area contributed by atoms with Crippen LogP contribution in [0.5, 0.6) is 5.75 Å². The zero-order valence-electron chi connectivity index (χ0n) is 14.1. The molecule has 2 aromatic heterocycles. The van der Waals surface area contributed by atoms with Crippen LogP contribution >= 0.6 is 0 Å². The first-order chi connectivity index (χ1) is 11.7. The van der Waals surface area contributed by atoms with Gasteiger partial charge < -0.3 is 20.4 Å². The highest BCUT2D eigenvalue weighted by atomic mass is 16.5. The molecular formula is C18H23N5O. The number of nitrogens with two attached hydrogens (primary N) is 1. The van der Waals surface area contributed by atoms with Crippen molar-refractivity contribution in [2.24, 2.45) is 0 Å². The summed E-state index contributed by atoms with van der Waals surface area (Å²) in [7, 11) is 0. The molecule has 0 aliphatic carbocycles. The highest BCUT2D eigenvalue weighted by Gasteiger charge is 2.07. The van der Waals surface area contributed by atoms with Gasteiger partial charge in [0.15, 0.2) is 5.65 Å². The second-order valence-electron chi connectivity index (χ2n) is 5.62. The number of pyridine rings is 1. The average Bonchev–Trinajstić information content (AvgIpc) is 3.02. The lowest BCUT2D eigenvalue weighted by Crippen LogP contribution is -2.27.